The predicted octanol–water partition coefficient (Wildman–Crippen LogP) is 3.24. The normalized spacial score (nSPS) is 11.4. The lowest BCUT2D eigenvalue weighted by Gasteiger charge is -2.22. The quantitative estimate of drug-likeness (QED) is 0.373. The zero-order valence-corrected chi connectivity index (χ0v) is 19.5. The first-order valence-electron chi connectivity index (χ1n) is 8.88. The minimum atomic E-state index is -3.36. The Kier molecular flexibility index (Phi) is 7.71. The topological polar surface area (TPSA) is 114 Å². The van der Waals surface area contributed by atoms with Crippen LogP contribution >= 0.6 is 23.7 Å². The molecule has 9 nitrogen and oxygen atoms in total. The first-order chi connectivity index (χ1) is 14.1. The molecule has 0 fully saturated rings. The third kappa shape index (κ3) is 5.76. The molecule has 0 bridgehead atoms. The molecule has 0 radical (unpaired) electrons. The number of rotatable bonds is 7. The van der Waals surface area contributed by atoms with Crippen LogP contribution in [0.1, 0.15) is 10.4 Å². The maximum atomic E-state index is 13.2. The van der Waals surface area contributed by atoms with Crippen LogP contribution < -0.4 is 4.90 Å². The maximum absolute atomic E-state index is 13.2. The van der Waals surface area contributed by atoms with Gasteiger partial charge in [0.15, 0.2) is 15.0 Å². The first-order valence-corrected chi connectivity index (χ1v) is 11.6. The fourth-order valence-electron chi connectivity index (χ4n) is 2.71. The minimum Gasteiger partial charge on any atom is -0.308 e. The molecule has 0 atom stereocenters. The summed E-state index contributed by atoms with van der Waals surface area (Å²) in [6, 6.07) is 10.1. The van der Waals surface area contributed by atoms with E-state index in [1.54, 1.807) is 6.07 Å². The SMILES string of the molecule is CN(C)CCN(C(=O)c1ccc(S(C)(=O)=O)cc1)c1nc2ccc([N+](=O)[O-])cc2s1.Cl. The molecule has 0 saturated carbocycles. The summed E-state index contributed by atoms with van der Waals surface area (Å²) in [6.45, 7) is 0.921. The van der Waals surface area contributed by atoms with Crippen molar-refractivity contribution >= 4 is 60.5 Å². The number of fused-ring (bicyclic) bond motifs is 1. The van der Waals surface area contributed by atoms with E-state index in [1.807, 2.05) is 19.0 Å². The molecule has 0 saturated heterocycles. The van der Waals surface area contributed by atoms with Gasteiger partial charge in [-0.3, -0.25) is 19.8 Å². The van der Waals surface area contributed by atoms with E-state index in [1.165, 1.54) is 52.6 Å². The number of carbonyl (C=O) groups excluding carboxylic acids is 1. The van der Waals surface area contributed by atoms with Crippen molar-refractivity contribution in [2.45, 2.75) is 4.90 Å². The average Bonchev–Trinajstić information content (AvgIpc) is 3.10. The molecule has 1 aromatic heterocycles. The number of aromatic nitrogens is 1. The van der Waals surface area contributed by atoms with Gasteiger partial charge >= 0.3 is 0 Å². The van der Waals surface area contributed by atoms with Crippen LogP contribution in [0.25, 0.3) is 10.2 Å². The molecular formula is C19H21ClN4O5S2. The molecule has 2 aromatic carbocycles. The number of nitrogens with zero attached hydrogens (tertiary/aromatic N) is 4. The maximum Gasteiger partial charge on any atom is 0.270 e. The second kappa shape index (κ2) is 9.69. The Morgan fingerprint density at radius 3 is 2.32 bits per heavy atom. The number of hydrogen-bond donors (Lipinski definition) is 0. The van der Waals surface area contributed by atoms with Crippen LogP contribution in [-0.2, 0) is 9.84 Å². The van der Waals surface area contributed by atoms with E-state index in [2.05, 4.69) is 4.98 Å². The predicted molar refractivity (Wildman–Crippen MR) is 123 cm³/mol. The van der Waals surface area contributed by atoms with Crippen molar-refractivity contribution in [3.05, 3.63) is 58.1 Å². The molecule has 0 aliphatic carbocycles. The number of thiazole rings is 1. The number of hydrogen-bond acceptors (Lipinski definition) is 8. The highest BCUT2D eigenvalue weighted by Crippen LogP contribution is 2.32. The number of sulfone groups is 1. The molecule has 0 spiro atoms. The van der Waals surface area contributed by atoms with Gasteiger partial charge < -0.3 is 4.90 Å². The number of amides is 1. The molecule has 3 rings (SSSR count). The highest BCUT2D eigenvalue weighted by Gasteiger charge is 2.22. The standard InChI is InChI=1S/C19H20N4O5S2.ClH/c1-21(2)10-11-22(18(24)13-4-7-15(8-5-13)30(3,27)28)19-20-16-9-6-14(23(25)26)12-17(16)29-19;/h4-9,12H,10-11H2,1-3H3;1H. The fourth-order valence-corrected chi connectivity index (χ4v) is 4.37. The molecule has 3 aromatic rings. The van der Waals surface area contributed by atoms with E-state index in [0.29, 0.717) is 34.0 Å². The van der Waals surface area contributed by atoms with E-state index >= 15 is 0 Å². The van der Waals surface area contributed by atoms with Crippen LogP contribution in [0.3, 0.4) is 0 Å². The zero-order chi connectivity index (χ0) is 22.1. The van der Waals surface area contributed by atoms with Crippen molar-refractivity contribution in [3.8, 4) is 0 Å². The van der Waals surface area contributed by atoms with Gasteiger partial charge in [-0.05, 0) is 44.4 Å². The van der Waals surface area contributed by atoms with E-state index in [-0.39, 0.29) is 28.9 Å². The van der Waals surface area contributed by atoms with E-state index in [4.69, 9.17) is 0 Å². The van der Waals surface area contributed by atoms with Gasteiger partial charge in [0, 0.05) is 37.0 Å². The van der Waals surface area contributed by atoms with Crippen LogP contribution in [0.15, 0.2) is 47.4 Å². The van der Waals surface area contributed by atoms with Gasteiger partial charge in [-0.2, -0.15) is 0 Å². The van der Waals surface area contributed by atoms with E-state index in [0.717, 1.165) is 6.26 Å². The first kappa shape index (κ1) is 24.7. The lowest BCUT2D eigenvalue weighted by atomic mass is 10.2. The smallest absolute Gasteiger partial charge is 0.270 e. The van der Waals surface area contributed by atoms with Crippen molar-refractivity contribution in [2.75, 3.05) is 38.3 Å². The molecular weight excluding hydrogens is 464 g/mol. The third-order valence-electron chi connectivity index (χ3n) is 4.35. The van der Waals surface area contributed by atoms with Gasteiger partial charge in [-0.1, -0.05) is 11.3 Å². The number of carbonyl (C=O) groups is 1. The Morgan fingerprint density at radius 2 is 1.77 bits per heavy atom. The lowest BCUT2D eigenvalue weighted by Crippen LogP contribution is -2.36. The molecule has 12 heteroatoms. The van der Waals surface area contributed by atoms with Crippen molar-refractivity contribution in [2.24, 2.45) is 0 Å². The van der Waals surface area contributed by atoms with Crippen molar-refractivity contribution in [3.63, 3.8) is 0 Å². The second-order valence-corrected chi connectivity index (χ2v) is 9.99. The number of nitro groups is 1. The average molecular weight is 485 g/mol. The van der Waals surface area contributed by atoms with Crippen molar-refractivity contribution in [1.29, 1.82) is 0 Å². The highest BCUT2D eigenvalue weighted by molar-refractivity contribution is 7.90. The van der Waals surface area contributed by atoms with Crippen LogP contribution in [-0.4, -0.2) is 62.6 Å². The Bertz CT molecular complexity index is 1210. The molecule has 166 valence electrons. The minimum absolute atomic E-state index is 0. The van der Waals surface area contributed by atoms with Crippen LogP contribution in [0, 0.1) is 10.1 Å². The van der Waals surface area contributed by atoms with E-state index in [9.17, 15) is 23.3 Å². The number of halogens is 1. The largest absolute Gasteiger partial charge is 0.308 e. The van der Waals surface area contributed by atoms with E-state index < -0.39 is 14.8 Å². The molecule has 31 heavy (non-hydrogen) atoms. The zero-order valence-electron chi connectivity index (χ0n) is 17.0. The summed E-state index contributed by atoms with van der Waals surface area (Å²) in [5.41, 5.74) is 0.849. The molecule has 1 heterocycles. The van der Waals surface area contributed by atoms with Gasteiger partial charge in [-0.15, -0.1) is 12.4 Å². The Morgan fingerprint density at radius 1 is 1.13 bits per heavy atom. The Balaban J connectivity index is 0.00000341. The number of anilines is 1. The molecule has 0 aliphatic rings. The Hall–Kier alpha value is -2.60. The van der Waals surface area contributed by atoms with Crippen molar-refractivity contribution in [1.82, 2.24) is 9.88 Å². The van der Waals surface area contributed by atoms with Crippen LogP contribution in [0.5, 0.6) is 0 Å². The van der Waals surface area contributed by atoms with Crippen LogP contribution in [0.4, 0.5) is 10.8 Å². The number of likely N-dealkylation sites (N-methyl/N-ethyl adjacent to an activating group) is 1. The van der Waals surface area contributed by atoms with Crippen molar-refractivity contribution < 1.29 is 18.1 Å². The number of benzene rings is 2. The van der Waals surface area contributed by atoms with Crippen LogP contribution in [0.2, 0.25) is 0 Å². The van der Waals surface area contributed by atoms with Gasteiger partial charge in [0.2, 0.25) is 0 Å². The Labute approximate surface area is 189 Å². The summed E-state index contributed by atoms with van der Waals surface area (Å²) in [5, 5.41) is 11.5. The van der Waals surface area contributed by atoms with Gasteiger partial charge in [-0.25, -0.2) is 13.4 Å². The lowest BCUT2D eigenvalue weighted by molar-refractivity contribution is -0.384. The van der Waals surface area contributed by atoms with Gasteiger partial charge in [0.25, 0.3) is 11.6 Å². The summed E-state index contributed by atoms with van der Waals surface area (Å²) in [6.07, 6.45) is 1.10. The highest BCUT2D eigenvalue weighted by atomic mass is 35.5. The molecule has 1 amide bonds. The molecule has 0 N–H and O–H groups in total. The monoisotopic (exact) mass is 484 g/mol. The van der Waals surface area contributed by atoms with Gasteiger partial charge in [0.1, 0.15) is 0 Å². The number of non-ortho nitro benzene ring substituents is 1. The van der Waals surface area contributed by atoms with Gasteiger partial charge in [0.05, 0.1) is 20.0 Å². The second-order valence-electron chi connectivity index (χ2n) is 6.96. The summed E-state index contributed by atoms with van der Waals surface area (Å²) >= 11 is 1.19. The molecule has 0 aliphatic heterocycles. The summed E-state index contributed by atoms with van der Waals surface area (Å²) in [7, 11) is 0.396. The summed E-state index contributed by atoms with van der Waals surface area (Å²) < 4.78 is 23.9. The summed E-state index contributed by atoms with van der Waals surface area (Å²) in [5.74, 6) is -0.328. The summed E-state index contributed by atoms with van der Waals surface area (Å²) in [4.78, 5) is 31.8. The number of nitro benzene ring substituents is 1. The third-order valence-corrected chi connectivity index (χ3v) is 6.52. The molecule has 0 unspecified atom stereocenters. The fraction of sp³-hybridized carbons (Fsp3) is 0.263.